The van der Waals surface area contributed by atoms with Gasteiger partial charge in [0.1, 0.15) is 11.6 Å². The summed E-state index contributed by atoms with van der Waals surface area (Å²) >= 11 is 11.7. The van der Waals surface area contributed by atoms with Crippen LogP contribution in [0.1, 0.15) is 45.5 Å². The molecule has 5 heteroatoms. The summed E-state index contributed by atoms with van der Waals surface area (Å²) in [6.45, 7) is 6.56. The molecule has 1 aromatic heterocycles. The van der Waals surface area contributed by atoms with Crippen molar-refractivity contribution in [2.75, 3.05) is 5.88 Å². The molecule has 1 aromatic carbocycles. The van der Waals surface area contributed by atoms with E-state index in [9.17, 15) is 4.39 Å². The third-order valence-electron chi connectivity index (χ3n) is 4.00. The van der Waals surface area contributed by atoms with Gasteiger partial charge < -0.3 is 4.57 Å². The molecule has 0 saturated carbocycles. The number of aryl methyl sites for hydroxylation is 1. The van der Waals surface area contributed by atoms with Gasteiger partial charge in [-0.05, 0) is 25.3 Å². The Morgan fingerprint density at radius 3 is 2.67 bits per heavy atom. The van der Waals surface area contributed by atoms with Gasteiger partial charge >= 0.3 is 0 Å². The first kappa shape index (κ1) is 16.6. The lowest BCUT2D eigenvalue weighted by atomic mass is 10.00. The molecule has 2 atom stereocenters. The van der Waals surface area contributed by atoms with Crippen LogP contribution in [-0.4, -0.2) is 15.4 Å². The number of aromatic nitrogens is 2. The molecule has 1 heterocycles. The largest absolute Gasteiger partial charge is 0.325 e. The summed E-state index contributed by atoms with van der Waals surface area (Å²) < 4.78 is 15.9. The molecule has 0 N–H and O–H groups in total. The number of hydrogen-bond acceptors (Lipinski definition) is 1. The second-order valence-corrected chi connectivity index (χ2v) is 6.48. The third-order valence-corrected chi connectivity index (χ3v) is 4.48. The fourth-order valence-electron chi connectivity index (χ4n) is 2.75. The highest BCUT2D eigenvalue weighted by Crippen LogP contribution is 2.29. The van der Waals surface area contributed by atoms with Crippen molar-refractivity contribution >= 4 is 34.2 Å². The van der Waals surface area contributed by atoms with Crippen LogP contribution in [0.15, 0.2) is 12.1 Å². The maximum atomic E-state index is 13.8. The minimum Gasteiger partial charge on any atom is -0.325 e. The molecule has 0 bridgehead atoms. The number of hydrogen-bond donors (Lipinski definition) is 0. The van der Waals surface area contributed by atoms with Crippen molar-refractivity contribution in [1.29, 1.82) is 0 Å². The lowest BCUT2D eigenvalue weighted by Crippen LogP contribution is -2.13. The SMILES string of the molecule is CCC(C)CC(C)n1c(CCCl)nc2cc(Cl)c(F)cc21. The standard InChI is InChI=1S/C16H21Cl2FN2/c1-4-10(2)7-11(3)21-15-9-13(19)12(18)8-14(15)20-16(21)5-6-17/h8-11H,4-7H2,1-3H3. The second-order valence-electron chi connectivity index (χ2n) is 5.69. The summed E-state index contributed by atoms with van der Waals surface area (Å²) in [5, 5.41) is 0.110. The van der Waals surface area contributed by atoms with Crippen molar-refractivity contribution < 1.29 is 4.39 Å². The number of imidazole rings is 1. The molecule has 21 heavy (non-hydrogen) atoms. The van der Waals surface area contributed by atoms with E-state index in [0.29, 0.717) is 18.2 Å². The Kier molecular flexibility index (Phi) is 5.50. The van der Waals surface area contributed by atoms with E-state index in [1.54, 1.807) is 6.07 Å². The Labute approximate surface area is 135 Å². The van der Waals surface area contributed by atoms with Crippen LogP contribution in [0, 0.1) is 11.7 Å². The first-order valence-electron chi connectivity index (χ1n) is 7.39. The number of alkyl halides is 1. The highest BCUT2D eigenvalue weighted by atomic mass is 35.5. The summed E-state index contributed by atoms with van der Waals surface area (Å²) in [7, 11) is 0. The normalized spacial score (nSPS) is 14.6. The predicted octanol–water partition coefficient (Wildman–Crippen LogP) is 5.61. The first-order valence-corrected chi connectivity index (χ1v) is 8.31. The molecule has 116 valence electrons. The van der Waals surface area contributed by atoms with Crippen molar-refractivity contribution in [2.45, 2.75) is 46.1 Å². The van der Waals surface area contributed by atoms with Crippen LogP contribution in [0.25, 0.3) is 11.0 Å². The van der Waals surface area contributed by atoms with Crippen LogP contribution >= 0.6 is 23.2 Å². The summed E-state index contributed by atoms with van der Waals surface area (Å²) in [6, 6.07) is 3.33. The number of benzene rings is 1. The Morgan fingerprint density at radius 1 is 1.33 bits per heavy atom. The van der Waals surface area contributed by atoms with Gasteiger partial charge in [0, 0.05) is 24.4 Å². The van der Waals surface area contributed by atoms with Crippen molar-refractivity contribution in [3.63, 3.8) is 0 Å². The van der Waals surface area contributed by atoms with Crippen molar-refractivity contribution in [2.24, 2.45) is 5.92 Å². The highest BCUT2D eigenvalue weighted by molar-refractivity contribution is 6.31. The molecule has 2 rings (SSSR count). The fourth-order valence-corrected chi connectivity index (χ4v) is 3.07. The zero-order valence-corrected chi connectivity index (χ0v) is 14.2. The molecule has 0 fully saturated rings. The van der Waals surface area contributed by atoms with Gasteiger partial charge in [-0.1, -0.05) is 31.9 Å². The molecule has 0 aliphatic rings. The van der Waals surface area contributed by atoms with Crippen molar-refractivity contribution in [1.82, 2.24) is 9.55 Å². The average Bonchev–Trinajstić information content (AvgIpc) is 2.76. The molecule has 0 aliphatic heterocycles. The van der Waals surface area contributed by atoms with Gasteiger partial charge in [0.2, 0.25) is 0 Å². The maximum absolute atomic E-state index is 13.8. The number of fused-ring (bicyclic) bond motifs is 1. The summed E-state index contributed by atoms with van der Waals surface area (Å²) in [5.74, 6) is 1.60. The van der Waals surface area contributed by atoms with Crippen LogP contribution in [0.2, 0.25) is 5.02 Å². The highest BCUT2D eigenvalue weighted by Gasteiger charge is 2.18. The van der Waals surface area contributed by atoms with Gasteiger partial charge in [0.15, 0.2) is 0 Å². The topological polar surface area (TPSA) is 17.8 Å². The van der Waals surface area contributed by atoms with Crippen molar-refractivity contribution in [3.8, 4) is 0 Å². The molecular weight excluding hydrogens is 310 g/mol. The predicted molar refractivity (Wildman–Crippen MR) is 87.9 cm³/mol. The molecule has 0 spiro atoms. The zero-order chi connectivity index (χ0) is 15.6. The molecule has 2 aromatic rings. The van der Waals surface area contributed by atoms with E-state index in [0.717, 1.165) is 29.7 Å². The van der Waals surface area contributed by atoms with E-state index in [1.807, 2.05) is 0 Å². The molecule has 2 nitrogen and oxygen atoms in total. The molecule has 0 aliphatic carbocycles. The van der Waals surface area contributed by atoms with Gasteiger partial charge in [-0.25, -0.2) is 9.37 Å². The Balaban J connectivity index is 2.52. The first-order chi connectivity index (χ1) is 9.97. The Hall–Kier alpha value is -0.800. The van der Waals surface area contributed by atoms with Crippen LogP contribution in [0.4, 0.5) is 4.39 Å². The van der Waals surface area contributed by atoms with Gasteiger partial charge in [0.25, 0.3) is 0 Å². The molecular formula is C16H21Cl2FN2. The minimum atomic E-state index is -0.404. The van der Waals surface area contributed by atoms with E-state index in [2.05, 4.69) is 30.3 Å². The second kappa shape index (κ2) is 6.97. The van der Waals surface area contributed by atoms with Gasteiger partial charge in [-0.3, -0.25) is 0 Å². The summed E-state index contributed by atoms with van der Waals surface area (Å²) in [6.07, 6.45) is 2.82. The van der Waals surface area contributed by atoms with E-state index in [4.69, 9.17) is 23.2 Å². The number of halogens is 3. The summed E-state index contributed by atoms with van der Waals surface area (Å²) in [5.41, 5.74) is 1.53. The van der Waals surface area contributed by atoms with E-state index in [-0.39, 0.29) is 11.1 Å². The Morgan fingerprint density at radius 2 is 2.05 bits per heavy atom. The molecule has 0 radical (unpaired) electrons. The minimum absolute atomic E-state index is 0.110. The maximum Gasteiger partial charge on any atom is 0.144 e. The molecule has 0 saturated heterocycles. The van der Waals surface area contributed by atoms with Gasteiger partial charge in [-0.15, -0.1) is 11.6 Å². The van der Waals surface area contributed by atoms with Gasteiger partial charge in [0.05, 0.1) is 16.1 Å². The third kappa shape index (κ3) is 3.51. The average molecular weight is 331 g/mol. The quantitative estimate of drug-likeness (QED) is 0.629. The molecule has 0 amide bonds. The summed E-state index contributed by atoms with van der Waals surface area (Å²) in [4.78, 5) is 4.59. The number of rotatable bonds is 6. The van der Waals surface area contributed by atoms with E-state index < -0.39 is 5.82 Å². The van der Waals surface area contributed by atoms with E-state index in [1.165, 1.54) is 6.07 Å². The van der Waals surface area contributed by atoms with E-state index >= 15 is 0 Å². The van der Waals surface area contributed by atoms with Crippen LogP contribution in [-0.2, 0) is 6.42 Å². The molecule has 2 unspecified atom stereocenters. The lowest BCUT2D eigenvalue weighted by molar-refractivity contribution is 0.397. The van der Waals surface area contributed by atoms with Crippen LogP contribution < -0.4 is 0 Å². The smallest absolute Gasteiger partial charge is 0.144 e. The van der Waals surface area contributed by atoms with Crippen LogP contribution in [0.3, 0.4) is 0 Å². The van der Waals surface area contributed by atoms with Crippen molar-refractivity contribution in [3.05, 3.63) is 28.8 Å². The van der Waals surface area contributed by atoms with Crippen LogP contribution in [0.5, 0.6) is 0 Å². The zero-order valence-electron chi connectivity index (χ0n) is 12.7. The monoisotopic (exact) mass is 330 g/mol. The Bertz CT molecular complexity index is 624. The lowest BCUT2D eigenvalue weighted by Gasteiger charge is -2.20. The van der Waals surface area contributed by atoms with Gasteiger partial charge in [-0.2, -0.15) is 0 Å². The fraction of sp³-hybridized carbons (Fsp3) is 0.562. The number of nitrogens with zero attached hydrogens (tertiary/aromatic N) is 2.